The average Bonchev–Trinajstić information content (AvgIpc) is 2.70. The van der Waals surface area contributed by atoms with Crippen molar-refractivity contribution in [3.05, 3.63) is 0 Å². The van der Waals surface area contributed by atoms with Gasteiger partial charge in [0.2, 0.25) is 17.7 Å². The van der Waals surface area contributed by atoms with Crippen molar-refractivity contribution in [3.8, 4) is 0 Å². The zero-order valence-corrected chi connectivity index (χ0v) is 19.1. The van der Waals surface area contributed by atoms with Crippen LogP contribution in [0, 0.1) is 11.8 Å². The highest BCUT2D eigenvalue weighted by molar-refractivity contribution is 7.80. The van der Waals surface area contributed by atoms with Crippen LogP contribution in [0.1, 0.15) is 47.0 Å². The minimum atomic E-state index is -1.24. The molecular weight excluding hydrogens is 428 g/mol. The molecular formula is C19H34N4O7S. The molecule has 11 nitrogen and oxygen atoms in total. The minimum absolute atomic E-state index is 0.145. The Morgan fingerprint density at radius 2 is 1.42 bits per heavy atom. The highest BCUT2D eigenvalue weighted by Crippen LogP contribution is 2.08. The van der Waals surface area contributed by atoms with Gasteiger partial charge in [-0.3, -0.25) is 19.2 Å². The third-order valence-electron chi connectivity index (χ3n) is 4.89. The van der Waals surface area contributed by atoms with E-state index in [4.69, 9.17) is 10.8 Å². The smallest absolute Gasteiger partial charge is 0.326 e. The number of thiol groups is 1. The van der Waals surface area contributed by atoms with Crippen LogP contribution in [0.5, 0.6) is 0 Å². The summed E-state index contributed by atoms with van der Waals surface area (Å²) in [7, 11) is 0. The SMILES string of the molecule is CCC(C)C(N)C(=O)NC(CCC(=O)O)C(=O)NC(CS)C(=O)NC(C(=O)O)C(C)C. The van der Waals surface area contributed by atoms with Gasteiger partial charge in [0.1, 0.15) is 18.1 Å². The fourth-order valence-electron chi connectivity index (χ4n) is 2.55. The van der Waals surface area contributed by atoms with Crippen molar-refractivity contribution in [1.29, 1.82) is 0 Å². The Bertz CT molecular complexity index is 659. The number of aliphatic carboxylic acids is 2. The Kier molecular flexibility index (Phi) is 12.8. The molecule has 7 N–H and O–H groups in total. The summed E-state index contributed by atoms with van der Waals surface area (Å²) in [5.41, 5.74) is 5.87. The van der Waals surface area contributed by atoms with Gasteiger partial charge in [-0.2, -0.15) is 12.6 Å². The molecule has 0 aromatic carbocycles. The molecule has 178 valence electrons. The van der Waals surface area contributed by atoms with Crippen LogP contribution >= 0.6 is 12.6 Å². The molecule has 0 aromatic rings. The number of hydrogen-bond donors (Lipinski definition) is 7. The van der Waals surface area contributed by atoms with Crippen molar-refractivity contribution in [2.45, 2.75) is 71.1 Å². The number of rotatable bonds is 14. The lowest BCUT2D eigenvalue weighted by Crippen LogP contribution is -2.58. The van der Waals surface area contributed by atoms with Crippen LogP contribution in [0.4, 0.5) is 0 Å². The summed E-state index contributed by atoms with van der Waals surface area (Å²) in [4.78, 5) is 59.7. The number of carbonyl (C=O) groups is 5. The van der Waals surface area contributed by atoms with E-state index < -0.39 is 66.2 Å². The van der Waals surface area contributed by atoms with Crippen molar-refractivity contribution in [2.75, 3.05) is 5.75 Å². The van der Waals surface area contributed by atoms with E-state index in [1.807, 2.05) is 6.92 Å². The molecule has 0 rings (SSSR count). The first kappa shape index (κ1) is 28.7. The van der Waals surface area contributed by atoms with Crippen molar-refractivity contribution in [1.82, 2.24) is 16.0 Å². The Hall–Kier alpha value is -2.34. The number of carboxylic acid groups (broad SMARTS) is 2. The highest BCUT2D eigenvalue weighted by Gasteiger charge is 2.31. The van der Waals surface area contributed by atoms with Gasteiger partial charge in [0.15, 0.2) is 0 Å². The number of hydrogen-bond acceptors (Lipinski definition) is 7. The second-order valence-corrected chi connectivity index (χ2v) is 8.08. The second-order valence-electron chi connectivity index (χ2n) is 7.72. The van der Waals surface area contributed by atoms with E-state index >= 15 is 0 Å². The molecule has 12 heteroatoms. The van der Waals surface area contributed by atoms with Crippen molar-refractivity contribution in [2.24, 2.45) is 17.6 Å². The summed E-state index contributed by atoms with van der Waals surface area (Å²) >= 11 is 4.03. The topological polar surface area (TPSA) is 188 Å². The predicted molar refractivity (Wildman–Crippen MR) is 116 cm³/mol. The maximum Gasteiger partial charge on any atom is 0.326 e. The largest absolute Gasteiger partial charge is 0.481 e. The van der Waals surface area contributed by atoms with Crippen LogP contribution in [0.2, 0.25) is 0 Å². The average molecular weight is 463 g/mol. The highest BCUT2D eigenvalue weighted by atomic mass is 32.1. The molecule has 0 spiro atoms. The van der Waals surface area contributed by atoms with E-state index in [1.165, 1.54) is 0 Å². The normalized spacial score (nSPS) is 15.8. The van der Waals surface area contributed by atoms with Crippen LogP contribution in [0.15, 0.2) is 0 Å². The van der Waals surface area contributed by atoms with Gasteiger partial charge in [-0.1, -0.05) is 34.1 Å². The van der Waals surface area contributed by atoms with E-state index in [1.54, 1.807) is 20.8 Å². The van der Waals surface area contributed by atoms with Crippen molar-refractivity contribution < 1.29 is 34.2 Å². The molecule has 5 unspecified atom stereocenters. The number of nitrogens with two attached hydrogens (primary N) is 1. The molecule has 31 heavy (non-hydrogen) atoms. The molecule has 0 aliphatic carbocycles. The molecule has 0 saturated carbocycles. The lowest BCUT2D eigenvalue weighted by Gasteiger charge is -2.26. The summed E-state index contributed by atoms with van der Waals surface area (Å²) in [5, 5.41) is 25.3. The third kappa shape index (κ3) is 10.0. The quantitative estimate of drug-likeness (QED) is 0.166. The Morgan fingerprint density at radius 3 is 1.84 bits per heavy atom. The molecule has 0 radical (unpaired) electrons. The minimum Gasteiger partial charge on any atom is -0.481 e. The van der Waals surface area contributed by atoms with Crippen molar-refractivity contribution in [3.63, 3.8) is 0 Å². The summed E-state index contributed by atoms with van der Waals surface area (Å²) < 4.78 is 0. The molecule has 0 bridgehead atoms. The first-order valence-electron chi connectivity index (χ1n) is 10.1. The molecule has 3 amide bonds. The Balaban J connectivity index is 5.34. The van der Waals surface area contributed by atoms with E-state index in [2.05, 4.69) is 28.6 Å². The molecule has 0 aliphatic heterocycles. The predicted octanol–water partition coefficient (Wildman–Crippen LogP) is -0.651. The van der Waals surface area contributed by atoms with Gasteiger partial charge in [0, 0.05) is 12.2 Å². The van der Waals surface area contributed by atoms with E-state index in [-0.39, 0.29) is 18.1 Å². The van der Waals surface area contributed by atoms with E-state index in [0.717, 1.165) is 0 Å². The maximum absolute atomic E-state index is 12.7. The first-order chi connectivity index (χ1) is 14.3. The van der Waals surface area contributed by atoms with Gasteiger partial charge < -0.3 is 31.9 Å². The summed E-state index contributed by atoms with van der Waals surface area (Å²) in [6.07, 6.45) is 0.0109. The zero-order valence-electron chi connectivity index (χ0n) is 18.3. The van der Waals surface area contributed by atoms with Crippen LogP contribution in [0.25, 0.3) is 0 Å². The molecule has 0 aromatic heterocycles. The van der Waals surface area contributed by atoms with Crippen LogP contribution in [0.3, 0.4) is 0 Å². The van der Waals surface area contributed by atoms with Gasteiger partial charge in [0.05, 0.1) is 6.04 Å². The van der Waals surface area contributed by atoms with E-state index in [9.17, 15) is 29.1 Å². The Labute approximate surface area is 187 Å². The monoisotopic (exact) mass is 462 g/mol. The fourth-order valence-corrected chi connectivity index (χ4v) is 2.81. The number of carbonyl (C=O) groups excluding carboxylic acids is 3. The zero-order chi connectivity index (χ0) is 24.3. The lowest BCUT2D eigenvalue weighted by atomic mass is 9.98. The summed E-state index contributed by atoms with van der Waals surface area (Å²) in [6.45, 7) is 6.85. The van der Waals surface area contributed by atoms with Crippen molar-refractivity contribution >= 4 is 42.3 Å². The number of amides is 3. The maximum atomic E-state index is 12.7. The fraction of sp³-hybridized carbons (Fsp3) is 0.737. The number of carboxylic acids is 2. The molecule has 0 saturated heterocycles. The standard InChI is InChI=1S/C19H34N4O7S/c1-5-10(4)14(20)18(28)21-11(6-7-13(24)25)16(26)22-12(8-31)17(27)23-15(9(2)3)19(29)30/h9-12,14-15,31H,5-8,20H2,1-4H3,(H,21,28)(H,22,26)(H,23,27)(H,24,25)(H,29,30). The van der Waals surface area contributed by atoms with Crippen LogP contribution in [-0.2, 0) is 24.0 Å². The lowest BCUT2D eigenvalue weighted by molar-refractivity contribution is -0.143. The summed E-state index contributed by atoms with van der Waals surface area (Å²) in [6, 6.07) is -4.49. The van der Waals surface area contributed by atoms with Gasteiger partial charge in [-0.05, 0) is 18.3 Å². The molecule has 5 atom stereocenters. The van der Waals surface area contributed by atoms with Gasteiger partial charge in [-0.15, -0.1) is 0 Å². The molecule has 0 aliphatic rings. The van der Waals surface area contributed by atoms with Gasteiger partial charge >= 0.3 is 11.9 Å². The van der Waals surface area contributed by atoms with Gasteiger partial charge in [-0.25, -0.2) is 4.79 Å². The molecule has 0 heterocycles. The van der Waals surface area contributed by atoms with Crippen LogP contribution in [-0.4, -0.2) is 69.8 Å². The first-order valence-corrected chi connectivity index (χ1v) is 10.7. The second kappa shape index (κ2) is 13.9. The molecule has 0 fully saturated rings. The number of nitrogens with one attached hydrogen (secondary N) is 3. The van der Waals surface area contributed by atoms with E-state index in [0.29, 0.717) is 6.42 Å². The third-order valence-corrected chi connectivity index (χ3v) is 5.25. The van der Waals surface area contributed by atoms with Crippen LogP contribution < -0.4 is 21.7 Å². The Morgan fingerprint density at radius 1 is 0.903 bits per heavy atom. The summed E-state index contributed by atoms with van der Waals surface area (Å²) in [5.74, 6) is -5.27. The van der Waals surface area contributed by atoms with Gasteiger partial charge in [0.25, 0.3) is 0 Å².